The topological polar surface area (TPSA) is 441 Å². The van der Waals surface area contributed by atoms with Crippen LogP contribution in [0.2, 0.25) is 19.6 Å². The van der Waals surface area contributed by atoms with E-state index in [9.17, 15) is 19.2 Å². The van der Waals surface area contributed by atoms with Gasteiger partial charge >= 0.3 is 6.09 Å². The van der Waals surface area contributed by atoms with Crippen LogP contribution in [0.1, 0.15) is 143 Å². The van der Waals surface area contributed by atoms with Gasteiger partial charge in [-0.1, -0.05) is 76.4 Å². The molecule has 6 saturated heterocycles. The Morgan fingerprint density at radius 2 is 0.802 bits per heavy atom. The molecule has 6 aromatic heterocycles. The monoisotopic (exact) mass is 1820 g/mol. The summed E-state index contributed by atoms with van der Waals surface area (Å²) in [6, 6.07) is 21.5. The molecule has 2 unspecified atom stereocenters. The number of carbonyl (C=O) groups is 1. The van der Waals surface area contributed by atoms with Crippen LogP contribution in [0.15, 0.2) is 69.0 Å². The maximum atomic E-state index is 13.9. The molecule has 9 atom stereocenters. The summed E-state index contributed by atoms with van der Waals surface area (Å²) in [6.07, 6.45) is 18.8. The minimum absolute atomic E-state index is 0.100. The average molecular weight is 1820 g/mol. The molecular formula is C88H128ClN25O8S3Si. The number of ether oxygens (including phenoxy) is 4. The summed E-state index contributed by atoms with van der Waals surface area (Å²) in [5.41, 5.74) is 24.9. The van der Waals surface area contributed by atoms with Crippen molar-refractivity contribution in [1.29, 1.82) is 5.26 Å². The Morgan fingerprint density at radius 3 is 1.11 bits per heavy atom. The summed E-state index contributed by atoms with van der Waals surface area (Å²) in [5.74, 6) is 3.33. The normalized spacial score (nSPS) is 23.1. The van der Waals surface area contributed by atoms with E-state index in [1.807, 2.05) is 56.0 Å². The Morgan fingerprint density at radius 1 is 0.484 bits per heavy atom. The van der Waals surface area contributed by atoms with Crippen molar-refractivity contribution in [1.82, 2.24) is 60.4 Å². The number of hydrogen-bond acceptors (Lipinski definition) is 32. The van der Waals surface area contributed by atoms with Gasteiger partial charge in [0.1, 0.15) is 78.7 Å². The van der Waals surface area contributed by atoms with Gasteiger partial charge in [-0.05, 0) is 147 Å². The van der Waals surface area contributed by atoms with Crippen LogP contribution in [0.3, 0.4) is 0 Å². The number of nitrogens with one attached hydrogen (secondary N) is 11. The molecule has 3 saturated carbocycles. The number of para-hydroxylation sites is 3. The summed E-state index contributed by atoms with van der Waals surface area (Å²) in [4.78, 5) is 101. The van der Waals surface area contributed by atoms with E-state index in [4.69, 9.17) is 82.4 Å². The van der Waals surface area contributed by atoms with Crippen LogP contribution in [-0.2, 0) is 18.9 Å². The fourth-order valence-electron chi connectivity index (χ4n) is 17.3. The van der Waals surface area contributed by atoms with Crippen molar-refractivity contribution >= 4 is 142 Å². The van der Waals surface area contributed by atoms with E-state index in [0.29, 0.717) is 159 Å². The molecule has 126 heavy (non-hydrogen) atoms. The van der Waals surface area contributed by atoms with Crippen molar-refractivity contribution < 1.29 is 23.7 Å². The van der Waals surface area contributed by atoms with Gasteiger partial charge in [0.05, 0.1) is 76.9 Å². The average Bonchev–Trinajstić information content (AvgIpc) is 1.59. The molecule has 0 spiro atoms. The molecule has 0 bridgehead atoms. The molecular weight excluding hydrogens is 1690 g/mol. The van der Waals surface area contributed by atoms with Crippen molar-refractivity contribution in [3.8, 4) is 37.8 Å². The zero-order chi connectivity index (χ0) is 88.4. The number of H-pyrrole nitrogens is 3. The standard InChI is InChI=1S/C31H44N8O4S.2C26H36N8O2S.C3H9ClSi.C2H3N/c1-31(2,3)43-30(41)39-13-7-8-19(18-39)33-26-24(27(40)37-29(36-26)38-14-16-42-17-15-38)28-35-25-22(11-6-12-23(25)44-28)34-21-10-5-4-9-20(21)32;2*27-17-6-1-2-7-18(17)30-19-8-3-9-20-22(19)31-25(37-20)21-23(29-16-5-4-10-28-15-16)32-26(33-24(21)35)34-11-13-36-14-12-34;1-5(2,3)4;1-2-3/h6,11-12,19-21,34H,4-5,7-10,13-18,32H2,1-3H3,(H2,33,36,37,40);2*3,8-9,16-18,28,30H,1-2,4-7,10-15,27H2,(H2,29,32,33,35);1-3H3;1H3/t19-,20?,21?;16-,17+,18+;16-,17-,18+;;/m111../s1. The molecule has 9 fully saturated rings. The number of benzene rings is 3. The van der Waals surface area contributed by atoms with Gasteiger partial charge in [0.2, 0.25) is 17.8 Å². The second kappa shape index (κ2) is 43.9. The smallest absolute Gasteiger partial charge is 0.410 e. The van der Waals surface area contributed by atoms with Gasteiger partial charge in [0.15, 0.2) is 0 Å². The minimum atomic E-state index is -1.14. The summed E-state index contributed by atoms with van der Waals surface area (Å²) in [5, 5.41) is 37.8. The Kier molecular flexibility index (Phi) is 32.5. The highest BCUT2D eigenvalue weighted by atomic mass is 35.6. The Bertz CT molecular complexity index is 5110. The number of amides is 1. The van der Waals surface area contributed by atoms with Crippen LogP contribution in [-0.4, -0.2) is 241 Å². The SMILES string of the molecule is CC#N.CC(C)(C)OC(=O)N1CCC[C@@H](Nc2nc(N3CCOCC3)[nH]c(=O)c2-c2nc3c(NC4CCCCC4N)cccc3s2)C1.C[Si](C)(C)Cl.N[C@@H]1CCCC[C@@H]1Nc1cccc2sc(-c3c(N[C@@H]4CCCNC4)nc(N4CCOCC4)[nH]c3=O)nc12.N[C@H]1CCCC[C@@H]1Nc1cccc2sc(-c3c(N[C@@H]4CCCNC4)nc(N4CCOCC4)[nH]c3=O)nc12. The predicted octanol–water partition coefficient (Wildman–Crippen LogP) is 12.4. The molecule has 3 aromatic carbocycles. The molecule has 1 amide bonds. The predicted molar refractivity (Wildman–Crippen MR) is 515 cm³/mol. The van der Waals surface area contributed by atoms with Crippen molar-refractivity contribution in [2.45, 2.75) is 223 Å². The number of nitriles is 1. The third-order valence-corrected chi connectivity index (χ3v) is 26.8. The maximum Gasteiger partial charge on any atom is 0.410 e. The lowest BCUT2D eigenvalue weighted by atomic mass is 9.91. The number of morpholine rings is 3. The fourth-order valence-corrected chi connectivity index (χ4v) is 20.4. The molecule has 33 nitrogen and oxygen atoms in total. The van der Waals surface area contributed by atoms with E-state index < -0.39 is 13.0 Å². The summed E-state index contributed by atoms with van der Waals surface area (Å²) < 4.78 is 25.2. The molecule has 682 valence electrons. The fraction of sp³-hybridized carbons (Fsp3) is 0.602. The van der Waals surface area contributed by atoms with Gasteiger partial charge < -0.3 is 98.3 Å². The van der Waals surface area contributed by atoms with Crippen molar-refractivity contribution in [2.75, 3.05) is 165 Å². The molecule has 12 heterocycles. The zero-order valence-electron chi connectivity index (χ0n) is 73.9. The number of aromatic nitrogens is 9. The third-order valence-electron chi connectivity index (χ3n) is 23.7. The Labute approximate surface area is 754 Å². The van der Waals surface area contributed by atoms with E-state index >= 15 is 0 Å². The first-order chi connectivity index (χ1) is 60.9. The number of nitrogens with two attached hydrogens (primary N) is 3. The number of nitrogens with zero attached hydrogens (tertiary/aromatic N) is 11. The Balaban J connectivity index is 0.000000147. The number of anilines is 9. The molecule has 17 N–H and O–H groups in total. The second-order valence-electron chi connectivity index (χ2n) is 35.8. The highest BCUT2D eigenvalue weighted by Crippen LogP contribution is 2.41. The van der Waals surface area contributed by atoms with Crippen molar-refractivity contribution in [3.05, 3.63) is 85.7 Å². The summed E-state index contributed by atoms with van der Waals surface area (Å²) in [6.45, 7) is 25.8. The van der Waals surface area contributed by atoms with Gasteiger partial charge in [-0.3, -0.25) is 29.3 Å². The lowest BCUT2D eigenvalue weighted by molar-refractivity contribution is 0.0206. The Hall–Kier alpha value is -8.88. The van der Waals surface area contributed by atoms with E-state index in [2.05, 4.69) is 111 Å². The first kappa shape index (κ1) is 93.3. The largest absolute Gasteiger partial charge is 0.444 e. The third kappa shape index (κ3) is 25.0. The molecule has 9 aliphatic rings. The number of piperidine rings is 3. The lowest BCUT2D eigenvalue weighted by Gasteiger charge is -2.35. The lowest BCUT2D eigenvalue weighted by Crippen LogP contribution is -2.47. The van der Waals surface area contributed by atoms with E-state index in [1.165, 1.54) is 66.6 Å². The van der Waals surface area contributed by atoms with Gasteiger partial charge in [-0.25, -0.2) is 19.7 Å². The molecule has 9 aromatic rings. The van der Waals surface area contributed by atoms with Gasteiger partial charge in [0, 0.05) is 127 Å². The van der Waals surface area contributed by atoms with E-state index in [-0.39, 0.29) is 77.1 Å². The number of halogens is 1. The van der Waals surface area contributed by atoms with Crippen LogP contribution in [0.5, 0.6) is 0 Å². The highest BCUT2D eigenvalue weighted by Gasteiger charge is 2.34. The first-order valence-corrected chi connectivity index (χ1v) is 52.2. The number of rotatable bonds is 18. The number of fused-ring (bicyclic) bond motifs is 3. The van der Waals surface area contributed by atoms with Crippen molar-refractivity contribution in [3.63, 3.8) is 0 Å². The molecule has 6 aliphatic heterocycles. The van der Waals surface area contributed by atoms with Gasteiger partial charge in [-0.15, -0.1) is 34.0 Å². The number of carbonyl (C=O) groups excluding carboxylic acids is 1. The van der Waals surface area contributed by atoms with E-state index in [1.54, 1.807) is 11.0 Å². The summed E-state index contributed by atoms with van der Waals surface area (Å²) in [7, 11) is -1.14. The number of thiazole rings is 3. The van der Waals surface area contributed by atoms with E-state index in [0.717, 1.165) is 164 Å². The first-order valence-electron chi connectivity index (χ1n) is 45.2. The van der Waals surface area contributed by atoms with Crippen LogP contribution in [0, 0.1) is 11.3 Å². The molecule has 18 rings (SSSR count). The van der Waals surface area contributed by atoms with Gasteiger partial charge in [0.25, 0.3) is 16.7 Å². The van der Waals surface area contributed by atoms with Crippen LogP contribution >= 0.6 is 45.1 Å². The molecule has 38 heteroatoms. The minimum Gasteiger partial charge on any atom is -0.444 e. The second-order valence-corrected chi connectivity index (χ2v) is 46.5. The van der Waals surface area contributed by atoms with Crippen LogP contribution in [0.4, 0.5) is 57.2 Å². The number of hydrogen-bond donors (Lipinski definition) is 14. The van der Waals surface area contributed by atoms with Crippen LogP contribution < -0.4 is 91.1 Å². The molecule has 0 radical (unpaired) electrons. The number of aromatic amines is 3. The van der Waals surface area contributed by atoms with Gasteiger partial charge in [-0.2, -0.15) is 31.3 Å². The highest BCUT2D eigenvalue weighted by molar-refractivity contribution is 7.22. The van der Waals surface area contributed by atoms with Crippen LogP contribution in [0.25, 0.3) is 62.4 Å². The maximum absolute atomic E-state index is 13.9. The zero-order valence-corrected chi connectivity index (χ0v) is 78.1. The summed E-state index contributed by atoms with van der Waals surface area (Å²) >= 11 is 10.2. The quantitative estimate of drug-likeness (QED) is 0.0280. The number of likely N-dealkylation sites (tertiary alicyclic amines) is 1. The van der Waals surface area contributed by atoms with Crippen molar-refractivity contribution in [2.24, 2.45) is 17.2 Å². The molecule has 3 aliphatic carbocycles.